The van der Waals surface area contributed by atoms with Crippen LogP contribution < -0.4 is 16.2 Å². The molecule has 4 N–H and O–H groups in total. The number of hydrogen-bond acceptors (Lipinski definition) is 3. The van der Waals surface area contributed by atoms with Crippen molar-refractivity contribution >= 4 is 46.4 Å². The first-order chi connectivity index (χ1) is 9.88. The zero-order chi connectivity index (χ0) is 15.6. The Labute approximate surface area is 136 Å². The maximum atomic E-state index is 11.0. The van der Waals surface area contributed by atoms with Crippen LogP contribution in [0.4, 0.5) is 5.69 Å². The van der Waals surface area contributed by atoms with E-state index in [1.165, 1.54) is 18.2 Å². The van der Waals surface area contributed by atoms with Crippen LogP contribution in [0, 0.1) is 0 Å². The molecule has 0 bridgehead atoms. The summed E-state index contributed by atoms with van der Waals surface area (Å²) in [5.74, 6) is -0.141. The highest BCUT2D eigenvalue weighted by Crippen LogP contribution is 2.33. The van der Waals surface area contributed by atoms with Crippen molar-refractivity contribution in [2.24, 2.45) is 5.73 Å². The van der Waals surface area contributed by atoms with Crippen molar-refractivity contribution < 1.29 is 9.53 Å². The Morgan fingerprint density at radius 3 is 2.33 bits per heavy atom. The van der Waals surface area contributed by atoms with E-state index < -0.39 is 5.91 Å². The molecule has 0 radical (unpaired) electrons. The van der Waals surface area contributed by atoms with Gasteiger partial charge in [0.15, 0.2) is 0 Å². The monoisotopic (exact) mass is 344 g/mol. The largest absolute Gasteiger partial charge is 0.487 e. The Balaban J connectivity index is 2.17. The van der Waals surface area contributed by atoms with Crippen LogP contribution in [0.2, 0.25) is 15.1 Å². The number of amides is 1. The number of ether oxygens (including phenoxy) is 1. The molecule has 0 aromatic heterocycles. The Morgan fingerprint density at radius 2 is 1.71 bits per heavy atom. The van der Waals surface area contributed by atoms with Crippen molar-refractivity contribution in [1.29, 1.82) is 0 Å². The summed E-state index contributed by atoms with van der Waals surface area (Å²) in [6.07, 6.45) is 0. The average molecular weight is 346 g/mol. The molecule has 0 aliphatic carbocycles. The second-order valence-electron chi connectivity index (χ2n) is 4.26. The molecule has 0 fully saturated rings. The fourth-order valence-corrected chi connectivity index (χ4v) is 2.20. The van der Waals surface area contributed by atoms with E-state index in [0.29, 0.717) is 37.6 Å². The van der Waals surface area contributed by atoms with Crippen LogP contribution in [-0.2, 0) is 6.61 Å². The Morgan fingerprint density at radius 1 is 1.05 bits per heavy atom. The van der Waals surface area contributed by atoms with Gasteiger partial charge >= 0.3 is 0 Å². The minimum atomic E-state index is -0.543. The second kappa shape index (κ2) is 6.43. The molecule has 0 atom stereocenters. The molecule has 2 rings (SSSR count). The SMILES string of the molecule is NC(=O)c1ccc(COc2cc(Cl)c(Cl)cc2N)c(Cl)c1. The second-order valence-corrected chi connectivity index (χ2v) is 5.48. The molecular weight excluding hydrogens is 335 g/mol. The Bertz CT molecular complexity index is 705. The van der Waals surface area contributed by atoms with Crippen LogP contribution in [0.1, 0.15) is 15.9 Å². The lowest BCUT2D eigenvalue weighted by atomic mass is 10.1. The molecule has 2 aromatic rings. The third-order valence-corrected chi connectivity index (χ3v) is 3.85. The Kier molecular flexibility index (Phi) is 4.83. The molecule has 0 aliphatic rings. The summed E-state index contributed by atoms with van der Waals surface area (Å²) in [6, 6.07) is 7.77. The normalized spacial score (nSPS) is 10.4. The standard InChI is InChI=1S/C14H11Cl3N2O2/c15-9-3-7(14(19)20)1-2-8(9)6-21-13-5-11(17)10(16)4-12(13)18/h1-5H,6,18H2,(H2,19,20). The van der Waals surface area contributed by atoms with Gasteiger partial charge < -0.3 is 16.2 Å². The lowest BCUT2D eigenvalue weighted by molar-refractivity contribution is 0.1000. The first kappa shape index (κ1) is 15.8. The van der Waals surface area contributed by atoms with Crippen LogP contribution >= 0.6 is 34.8 Å². The van der Waals surface area contributed by atoms with Gasteiger partial charge in [0.05, 0.1) is 15.7 Å². The highest BCUT2D eigenvalue weighted by molar-refractivity contribution is 6.42. The fourth-order valence-electron chi connectivity index (χ4n) is 1.64. The molecule has 0 heterocycles. The van der Waals surface area contributed by atoms with Crippen molar-refractivity contribution in [3.05, 3.63) is 56.5 Å². The summed E-state index contributed by atoms with van der Waals surface area (Å²) in [5.41, 5.74) is 12.4. The number of benzene rings is 2. The van der Waals surface area contributed by atoms with Gasteiger partial charge in [0, 0.05) is 22.2 Å². The maximum Gasteiger partial charge on any atom is 0.248 e. The minimum Gasteiger partial charge on any atom is -0.487 e. The third-order valence-electron chi connectivity index (χ3n) is 2.77. The first-order valence-corrected chi connectivity index (χ1v) is 6.97. The van der Waals surface area contributed by atoms with Gasteiger partial charge in [-0.2, -0.15) is 0 Å². The van der Waals surface area contributed by atoms with Gasteiger partial charge in [-0.05, 0) is 18.2 Å². The lowest BCUT2D eigenvalue weighted by Gasteiger charge is -2.11. The number of carbonyl (C=O) groups is 1. The molecule has 2 aromatic carbocycles. The predicted molar refractivity (Wildman–Crippen MR) is 85.2 cm³/mol. The van der Waals surface area contributed by atoms with E-state index in [0.717, 1.165) is 0 Å². The first-order valence-electron chi connectivity index (χ1n) is 5.84. The van der Waals surface area contributed by atoms with Crippen LogP contribution in [-0.4, -0.2) is 5.91 Å². The summed E-state index contributed by atoms with van der Waals surface area (Å²) in [5, 5.41) is 1.08. The van der Waals surface area contributed by atoms with Gasteiger partial charge in [-0.15, -0.1) is 0 Å². The van der Waals surface area contributed by atoms with Crippen molar-refractivity contribution in [3.8, 4) is 5.75 Å². The smallest absolute Gasteiger partial charge is 0.248 e. The summed E-state index contributed by atoms with van der Waals surface area (Å²) >= 11 is 17.8. The van der Waals surface area contributed by atoms with E-state index in [1.807, 2.05) is 0 Å². The lowest BCUT2D eigenvalue weighted by Crippen LogP contribution is -2.11. The zero-order valence-corrected chi connectivity index (χ0v) is 13.0. The van der Waals surface area contributed by atoms with Gasteiger partial charge in [0.25, 0.3) is 0 Å². The minimum absolute atomic E-state index is 0.167. The molecule has 7 heteroatoms. The van der Waals surface area contributed by atoms with Crippen molar-refractivity contribution in [3.63, 3.8) is 0 Å². The van der Waals surface area contributed by atoms with Gasteiger partial charge in [-0.25, -0.2) is 0 Å². The summed E-state index contributed by atoms with van der Waals surface area (Å²) in [7, 11) is 0. The van der Waals surface area contributed by atoms with Crippen molar-refractivity contribution in [2.75, 3.05) is 5.73 Å². The average Bonchev–Trinajstić information content (AvgIpc) is 2.42. The molecule has 1 amide bonds. The quantitative estimate of drug-likeness (QED) is 0.825. The van der Waals surface area contributed by atoms with E-state index in [-0.39, 0.29) is 6.61 Å². The molecule has 110 valence electrons. The number of rotatable bonds is 4. The summed E-state index contributed by atoms with van der Waals surface area (Å²) in [6.45, 7) is 0.167. The fraction of sp³-hybridized carbons (Fsp3) is 0.0714. The van der Waals surface area contributed by atoms with E-state index in [2.05, 4.69) is 0 Å². The van der Waals surface area contributed by atoms with Gasteiger partial charge in [-0.3, -0.25) is 4.79 Å². The molecule has 4 nitrogen and oxygen atoms in total. The highest BCUT2D eigenvalue weighted by atomic mass is 35.5. The summed E-state index contributed by atoms with van der Waals surface area (Å²) in [4.78, 5) is 11.0. The van der Waals surface area contributed by atoms with E-state index >= 15 is 0 Å². The molecule has 0 saturated carbocycles. The topological polar surface area (TPSA) is 78.3 Å². The molecule has 0 spiro atoms. The number of anilines is 1. The number of primary amides is 1. The number of nitrogens with two attached hydrogens (primary N) is 2. The number of halogens is 3. The molecule has 21 heavy (non-hydrogen) atoms. The molecular formula is C14H11Cl3N2O2. The third kappa shape index (κ3) is 3.73. The van der Waals surface area contributed by atoms with Crippen LogP contribution in [0.15, 0.2) is 30.3 Å². The molecule has 0 aliphatic heterocycles. The molecule has 0 saturated heterocycles. The van der Waals surface area contributed by atoms with Crippen LogP contribution in [0.25, 0.3) is 0 Å². The van der Waals surface area contributed by atoms with Crippen LogP contribution in [0.5, 0.6) is 5.75 Å². The predicted octanol–water partition coefficient (Wildman–Crippen LogP) is 3.91. The highest BCUT2D eigenvalue weighted by Gasteiger charge is 2.09. The van der Waals surface area contributed by atoms with E-state index in [4.69, 9.17) is 51.0 Å². The van der Waals surface area contributed by atoms with Crippen molar-refractivity contribution in [1.82, 2.24) is 0 Å². The van der Waals surface area contributed by atoms with Gasteiger partial charge in [-0.1, -0.05) is 40.9 Å². The summed E-state index contributed by atoms with van der Waals surface area (Å²) < 4.78 is 5.57. The van der Waals surface area contributed by atoms with Gasteiger partial charge in [0.2, 0.25) is 5.91 Å². The van der Waals surface area contributed by atoms with Gasteiger partial charge in [0.1, 0.15) is 12.4 Å². The number of hydrogen-bond donors (Lipinski definition) is 2. The number of nitrogen functional groups attached to an aromatic ring is 1. The molecule has 0 unspecified atom stereocenters. The van der Waals surface area contributed by atoms with Crippen LogP contribution in [0.3, 0.4) is 0 Å². The zero-order valence-electron chi connectivity index (χ0n) is 10.7. The number of carbonyl (C=O) groups excluding carboxylic acids is 1. The van der Waals surface area contributed by atoms with Crippen molar-refractivity contribution in [2.45, 2.75) is 6.61 Å². The Hall–Kier alpha value is -1.62. The van der Waals surface area contributed by atoms with E-state index in [1.54, 1.807) is 12.1 Å². The van der Waals surface area contributed by atoms with E-state index in [9.17, 15) is 4.79 Å². The maximum absolute atomic E-state index is 11.0.